The average molecular weight is 363 g/mol. The number of nitrogens with one attached hydrogen (secondary N) is 1. The van der Waals surface area contributed by atoms with Crippen LogP contribution in [-0.2, 0) is 4.79 Å². The maximum Gasteiger partial charge on any atom is 0.262 e. The summed E-state index contributed by atoms with van der Waals surface area (Å²) in [6, 6.07) is 10.5. The number of halogens is 2. The number of benzene rings is 1. The first-order chi connectivity index (χ1) is 11.4. The van der Waals surface area contributed by atoms with E-state index < -0.39 is 5.91 Å². The van der Waals surface area contributed by atoms with Gasteiger partial charge in [-0.25, -0.2) is 0 Å². The van der Waals surface area contributed by atoms with Crippen LogP contribution in [0.15, 0.2) is 40.3 Å². The van der Waals surface area contributed by atoms with Gasteiger partial charge in [0, 0.05) is 17.7 Å². The van der Waals surface area contributed by atoms with Crippen LogP contribution in [0, 0.1) is 11.3 Å². The fourth-order valence-electron chi connectivity index (χ4n) is 1.93. The quantitative estimate of drug-likeness (QED) is 0.595. The normalized spacial score (nSPS) is 12.5. The van der Waals surface area contributed by atoms with Gasteiger partial charge in [-0.2, -0.15) is 5.26 Å². The molecule has 1 aromatic heterocycles. The number of hydrogen-bond donors (Lipinski definition) is 1. The van der Waals surface area contributed by atoms with E-state index in [-0.39, 0.29) is 11.6 Å². The molecule has 0 fully saturated rings. The lowest BCUT2D eigenvalue weighted by atomic mass is 10.2. The van der Waals surface area contributed by atoms with Gasteiger partial charge in [0.15, 0.2) is 0 Å². The van der Waals surface area contributed by atoms with Gasteiger partial charge < -0.3 is 9.73 Å². The van der Waals surface area contributed by atoms with Crippen LogP contribution in [0.1, 0.15) is 26.0 Å². The molecular weight excluding hydrogens is 347 g/mol. The summed E-state index contributed by atoms with van der Waals surface area (Å²) in [4.78, 5) is 12.0. The van der Waals surface area contributed by atoms with Crippen LogP contribution in [0.2, 0.25) is 10.0 Å². The van der Waals surface area contributed by atoms with Gasteiger partial charge in [0.25, 0.3) is 5.91 Å². The standard InChI is InChI=1S/C18H16Cl2N2O2/c1-3-11(2)22-18(23)13(10-21)8-14-5-7-17(24-14)12-4-6-15(19)16(20)9-12/h4-9,11H,3H2,1-2H3,(H,22,23)/b13-8+/t11-/m1/s1. The maximum absolute atomic E-state index is 12.0. The van der Waals surface area contributed by atoms with E-state index in [1.165, 1.54) is 6.08 Å². The zero-order chi connectivity index (χ0) is 17.7. The summed E-state index contributed by atoms with van der Waals surface area (Å²) in [5.41, 5.74) is 0.747. The molecule has 1 amide bonds. The van der Waals surface area contributed by atoms with Crippen LogP contribution in [0.4, 0.5) is 0 Å². The first kappa shape index (κ1) is 18.1. The van der Waals surface area contributed by atoms with Crippen molar-refractivity contribution >= 4 is 35.2 Å². The first-order valence-electron chi connectivity index (χ1n) is 7.42. The van der Waals surface area contributed by atoms with Crippen LogP contribution in [0.3, 0.4) is 0 Å². The summed E-state index contributed by atoms with van der Waals surface area (Å²) in [7, 11) is 0. The lowest BCUT2D eigenvalue weighted by molar-refractivity contribution is -0.117. The van der Waals surface area contributed by atoms with Gasteiger partial charge >= 0.3 is 0 Å². The van der Waals surface area contributed by atoms with E-state index in [1.807, 2.05) is 19.9 Å². The summed E-state index contributed by atoms with van der Waals surface area (Å²) in [5, 5.41) is 12.8. The monoisotopic (exact) mass is 362 g/mol. The van der Waals surface area contributed by atoms with Crippen LogP contribution in [0.25, 0.3) is 17.4 Å². The predicted molar refractivity (Wildman–Crippen MR) is 95.6 cm³/mol. The Kier molecular flexibility index (Phi) is 6.08. The lowest BCUT2D eigenvalue weighted by Gasteiger charge is -2.09. The Balaban J connectivity index is 2.24. The van der Waals surface area contributed by atoms with E-state index >= 15 is 0 Å². The van der Waals surface area contributed by atoms with Gasteiger partial charge in [0.05, 0.1) is 10.0 Å². The number of carbonyl (C=O) groups is 1. The minimum absolute atomic E-state index is 0.00220. The Hall–Kier alpha value is -2.22. The van der Waals surface area contributed by atoms with Crippen molar-refractivity contribution in [2.75, 3.05) is 0 Å². The molecule has 0 saturated carbocycles. The molecule has 1 atom stereocenters. The van der Waals surface area contributed by atoms with E-state index in [0.717, 1.165) is 12.0 Å². The molecule has 0 unspecified atom stereocenters. The molecule has 0 saturated heterocycles. The molecule has 124 valence electrons. The maximum atomic E-state index is 12.0. The highest BCUT2D eigenvalue weighted by molar-refractivity contribution is 6.42. The molecule has 0 aliphatic carbocycles. The van der Waals surface area contributed by atoms with E-state index in [9.17, 15) is 10.1 Å². The molecule has 0 radical (unpaired) electrons. The van der Waals surface area contributed by atoms with E-state index in [1.54, 1.807) is 30.3 Å². The molecule has 0 spiro atoms. The van der Waals surface area contributed by atoms with Crippen molar-refractivity contribution in [1.82, 2.24) is 5.32 Å². The summed E-state index contributed by atoms with van der Waals surface area (Å²) in [6.45, 7) is 3.83. The minimum atomic E-state index is -0.417. The topological polar surface area (TPSA) is 66.0 Å². The third kappa shape index (κ3) is 4.41. The summed E-state index contributed by atoms with van der Waals surface area (Å²) < 4.78 is 5.67. The van der Waals surface area contributed by atoms with Crippen molar-refractivity contribution < 1.29 is 9.21 Å². The van der Waals surface area contributed by atoms with Crippen molar-refractivity contribution in [3.8, 4) is 17.4 Å². The molecule has 4 nitrogen and oxygen atoms in total. The second kappa shape index (κ2) is 8.05. The number of nitrogens with zero attached hydrogens (tertiary/aromatic N) is 1. The van der Waals surface area contributed by atoms with Gasteiger partial charge in [-0.15, -0.1) is 0 Å². The molecule has 1 aromatic carbocycles. The highest BCUT2D eigenvalue weighted by Gasteiger charge is 2.13. The number of nitriles is 1. The second-order valence-electron chi connectivity index (χ2n) is 5.28. The largest absolute Gasteiger partial charge is 0.457 e. The van der Waals surface area contributed by atoms with Crippen molar-refractivity contribution in [3.05, 3.63) is 51.7 Å². The molecule has 0 aliphatic rings. The Morgan fingerprint density at radius 2 is 2.08 bits per heavy atom. The van der Waals surface area contributed by atoms with Crippen molar-refractivity contribution in [3.63, 3.8) is 0 Å². The highest BCUT2D eigenvalue weighted by atomic mass is 35.5. The van der Waals surface area contributed by atoms with E-state index in [4.69, 9.17) is 27.6 Å². The Morgan fingerprint density at radius 1 is 1.33 bits per heavy atom. The fourth-order valence-corrected chi connectivity index (χ4v) is 2.23. The van der Waals surface area contributed by atoms with Crippen molar-refractivity contribution in [1.29, 1.82) is 5.26 Å². The predicted octanol–water partition coefficient (Wildman–Crippen LogP) is 5.08. The molecule has 24 heavy (non-hydrogen) atoms. The minimum Gasteiger partial charge on any atom is -0.457 e. The highest BCUT2D eigenvalue weighted by Crippen LogP contribution is 2.30. The molecule has 2 aromatic rings. The molecule has 6 heteroatoms. The van der Waals surface area contributed by atoms with Crippen LogP contribution < -0.4 is 5.32 Å². The van der Waals surface area contributed by atoms with Crippen LogP contribution >= 0.6 is 23.2 Å². The van der Waals surface area contributed by atoms with Gasteiger partial charge in [-0.3, -0.25) is 4.79 Å². The SMILES string of the molecule is CC[C@@H](C)NC(=O)/C(C#N)=C/c1ccc(-c2ccc(Cl)c(Cl)c2)o1. The van der Waals surface area contributed by atoms with Gasteiger partial charge in [-0.05, 0) is 43.7 Å². The van der Waals surface area contributed by atoms with Gasteiger partial charge in [0.1, 0.15) is 23.2 Å². The van der Waals surface area contributed by atoms with Crippen molar-refractivity contribution in [2.45, 2.75) is 26.3 Å². The number of hydrogen-bond acceptors (Lipinski definition) is 3. The summed E-state index contributed by atoms with van der Waals surface area (Å²) in [6.07, 6.45) is 2.20. The molecule has 0 bridgehead atoms. The molecule has 1 N–H and O–H groups in total. The fraction of sp³-hybridized carbons (Fsp3) is 0.222. The van der Waals surface area contributed by atoms with E-state index in [0.29, 0.717) is 21.6 Å². The molecule has 2 rings (SSSR count). The third-order valence-corrected chi connectivity index (χ3v) is 4.21. The average Bonchev–Trinajstić information content (AvgIpc) is 3.03. The zero-order valence-electron chi connectivity index (χ0n) is 13.3. The van der Waals surface area contributed by atoms with Crippen molar-refractivity contribution in [2.24, 2.45) is 0 Å². The van der Waals surface area contributed by atoms with Gasteiger partial charge in [-0.1, -0.05) is 30.1 Å². The molecule has 0 aliphatic heterocycles. The number of furan rings is 1. The van der Waals surface area contributed by atoms with Gasteiger partial charge in [0.2, 0.25) is 0 Å². The number of amides is 1. The summed E-state index contributed by atoms with van der Waals surface area (Å²) in [5.74, 6) is 0.561. The third-order valence-electron chi connectivity index (χ3n) is 3.47. The lowest BCUT2D eigenvalue weighted by Crippen LogP contribution is -2.32. The Labute approximate surface area is 150 Å². The zero-order valence-corrected chi connectivity index (χ0v) is 14.8. The van der Waals surface area contributed by atoms with Crippen LogP contribution in [0.5, 0.6) is 0 Å². The second-order valence-corrected chi connectivity index (χ2v) is 6.10. The number of carbonyl (C=O) groups excluding carboxylic acids is 1. The van der Waals surface area contributed by atoms with E-state index in [2.05, 4.69) is 5.32 Å². The molecular formula is C18H16Cl2N2O2. The first-order valence-corrected chi connectivity index (χ1v) is 8.18. The Morgan fingerprint density at radius 3 is 2.71 bits per heavy atom. The smallest absolute Gasteiger partial charge is 0.262 e. The molecule has 1 heterocycles. The Bertz CT molecular complexity index is 819. The number of rotatable bonds is 5. The summed E-state index contributed by atoms with van der Waals surface area (Å²) >= 11 is 11.9. The van der Waals surface area contributed by atoms with Crippen LogP contribution in [-0.4, -0.2) is 11.9 Å².